The van der Waals surface area contributed by atoms with Gasteiger partial charge in [0, 0.05) is 35.7 Å². The molecule has 0 radical (unpaired) electrons. The van der Waals surface area contributed by atoms with Gasteiger partial charge in [-0.15, -0.1) is 0 Å². The Morgan fingerprint density at radius 2 is 1.74 bits per heavy atom. The molecule has 0 saturated heterocycles. The van der Waals surface area contributed by atoms with Gasteiger partial charge in [0.1, 0.15) is 18.1 Å². The second-order valence-corrected chi connectivity index (χ2v) is 7.65. The van der Waals surface area contributed by atoms with Gasteiger partial charge < -0.3 is 14.5 Å². The molecule has 6 heteroatoms. The van der Waals surface area contributed by atoms with Crippen molar-refractivity contribution in [2.75, 3.05) is 7.11 Å². The van der Waals surface area contributed by atoms with Gasteiger partial charge in [-0.3, -0.25) is 14.6 Å². The summed E-state index contributed by atoms with van der Waals surface area (Å²) in [6, 6.07) is 17.0. The van der Waals surface area contributed by atoms with E-state index < -0.39 is 0 Å². The maximum absolute atomic E-state index is 12.3. The van der Waals surface area contributed by atoms with Crippen LogP contribution in [0.2, 0.25) is 0 Å². The van der Waals surface area contributed by atoms with Crippen LogP contribution in [0.4, 0.5) is 0 Å². The summed E-state index contributed by atoms with van der Waals surface area (Å²) in [5.74, 6) is 0.685. The lowest BCUT2D eigenvalue weighted by molar-refractivity contribution is -0.121. The fourth-order valence-electron chi connectivity index (χ4n) is 3.40. The lowest BCUT2D eigenvalue weighted by atomic mass is 10.1. The maximum atomic E-state index is 12.3. The minimum Gasteiger partial charge on any atom is -0.496 e. The van der Waals surface area contributed by atoms with E-state index in [4.69, 9.17) is 9.47 Å². The van der Waals surface area contributed by atoms with Crippen molar-refractivity contribution >= 4 is 34.6 Å². The Morgan fingerprint density at radius 1 is 0.941 bits per heavy atom. The molecule has 4 aromatic rings. The van der Waals surface area contributed by atoms with E-state index in [0.717, 1.165) is 27.6 Å². The second-order valence-electron chi connectivity index (χ2n) is 7.65. The minimum atomic E-state index is -0.282. The van der Waals surface area contributed by atoms with Crippen molar-refractivity contribution in [2.45, 2.75) is 13.0 Å². The number of nitrogens with zero attached hydrogens (tertiary/aromatic N) is 1. The average molecular weight is 453 g/mol. The maximum Gasteiger partial charge on any atom is 0.163 e. The van der Waals surface area contributed by atoms with Crippen molar-refractivity contribution in [1.29, 1.82) is 0 Å². The highest BCUT2D eigenvalue weighted by atomic mass is 16.5. The topological polar surface area (TPSA) is 81.3 Å². The zero-order valence-corrected chi connectivity index (χ0v) is 18.7. The van der Waals surface area contributed by atoms with Gasteiger partial charge in [0.25, 0.3) is 0 Å². The molecule has 0 bridgehead atoms. The van der Waals surface area contributed by atoms with Crippen LogP contribution in [0.1, 0.15) is 23.1 Å². The number of methoxy groups -OCH3 is 1. The average Bonchev–Trinajstić information content (AvgIpc) is 3.34. The van der Waals surface area contributed by atoms with Crippen molar-refractivity contribution in [3.8, 4) is 11.5 Å². The van der Waals surface area contributed by atoms with Gasteiger partial charge >= 0.3 is 0 Å². The molecule has 0 aliphatic heterocycles. The third-order valence-corrected chi connectivity index (χ3v) is 5.20. The largest absolute Gasteiger partial charge is 0.496 e. The van der Waals surface area contributed by atoms with Crippen molar-refractivity contribution in [2.24, 2.45) is 0 Å². The highest BCUT2D eigenvalue weighted by molar-refractivity contribution is 6.11. The van der Waals surface area contributed by atoms with Gasteiger partial charge in [-0.2, -0.15) is 0 Å². The van der Waals surface area contributed by atoms with Crippen LogP contribution in [0, 0.1) is 0 Å². The summed E-state index contributed by atoms with van der Waals surface area (Å²) in [4.78, 5) is 31.6. The van der Waals surface area contributed by atoms with Crippen molar-refractivity contribution in [3.05, 3.63) is 102 Å². The number of hydrogen-bond donors (Lipinski definition) is 1. The molecule has 0 unspecified atom stereocenters. The zero-order valence-electron chi connectivity index (χ0n) is 18.7. The van der Waals surface area contributed by atoms with Crippen LogP contribution >= 0.6 is 0 Å². The molecular weight excluding hydrogens is 428 g/mol. The standard InChI is InChI=1S/C28H24N2O4/c1-33-28-18-26(34-19-21-10-13-29-14-11-21)8-5-22(28)4-7-25(32)17-24(31)6-2-20-3-9-27-23(16-20)12-15-30-27/h2-16,18,30H,17,19H2,1H3. The molecule has 0 spiro atoms. The molecule has 170 valence electrons. The summed E-state index contributed by atoms with van der Waals surface area (Å²) in [5.41, 5.74) is 3.66. The number of pyridine rings is 1. The number of aromatic amines is 1. The molecule has 6 nitrogen and oxygen atoms in total. The lowest BCUT2D eigenvalue weighted by Crippen LogP contribution is -2.02. The van der Waals surface area contributed by atoms with Gasteiger partial charge in [0.2, 0.25) is 0 Å². The normalized spacial score (nSPS) is 11.3. The van der Waals surface area contributed by atoms with E-state index in [1.165, 1.54) is 12.2 Å². The van der Waals surface area contributed by atoms with Crippen LogP contribution in [-0.4, -0.2) is 28.6 Å². The first-order chi connectivity index (χ1) is 16.6. The molecule has 0 saturated carbocycles. The molecule has 0 amide bonds. The molecule has 0 aliphatic carbocycles. The molecule has 2 aromatic carbocycles. The molecule has 2 heterocycles. The Morgan fingerprint density at radius 3 is 2.53 bits per heavy atom. The Kier molecular flexibility index (Phi) is 7.30. The Bertz CT molecular complexity index is 1350. The van der Waals surface area contributed by atoms with E-state index in [2.05, 4.69) is 9.97 Å². The fraction of sp³-hybridized carbons (Fsp3) is 0.107. The summed E-state index contributed by atoms with van der Waals surface area (Å²) < 4.78 is 11.2. The Hall–Kier alpha value is -4.45. The van der Waals surface area contributed by atoms with Gasteiger partial charge in [-0.05, 0) is 77.2 Å². The summed E-state index contributed by atoms with van der Waals surface area (Å²) in [5, 5.41) is 1.07. The Balaban J connectivity index is 1.33. The van der Waals surface area contributed by atoms with E-state index in [0.29, 0.717) is 18.1 Å². The number of ketones is 2. The van der Waals surface area contributed by atoms with Crippen molar-refractivity contribution < 1.29 is 19.1 Å². The number of carbonyl (C=O) groups excluding carboxylic acids is 2. The number of rotatable bonds is 10. The third-order valence-electron chi connectivity index (χ3n) is 5.20. The third kappa shape index (κ3) is 6.07. The van der Waals surface area contributed by atoms with E-state index in [1.54, 1.807) is 37.7 Å². The van der Waals surface area contributed by atoms with Crippen LogP contribution in [-0.2, 0) is 16.2 Å². The number of hydrogen-bond acceptors (Lipinski definition) is 5. The van der Waals surface area contributed by atoms with Gasteiger partial charge in [0.15, 0.2) is 11.6 Å². The van der Waals surface area contributed by atoms with Gasteiger partial charge in [-0.1, -0.05) is 12.1 Å². The molecule has 1 N–H and O–H groups in total. The van der Waals surface area contributed by atoms with Gasteiger partial charge in [0.05, 0.1) is 13.5 Å². The lowest BCUT2D eigenvalue weighted by Gasteiger charge is -2.10. The number of aromatic nitrogens is 2. The first-order valence-corrected chi connectivity index (χ1v) is 10.8. The molecule has 4 rings (SSSR count). The van der Waals surface area contributed by atoms with Crippen LogP contribution in [0.5, 0.6) is 11.5 Å². The van der Waals surface area contributed by atoms with Crippen LogP contribution in [0.3, 0.4) is 0 Å². The van der Waals surface area contributed by atoms with Crippen LogP contribution in [0.25, 0.3) is 23.1 Å². The second kappa shape index (κ2) is 10.9. The predicted molar refractivity (Wildman–Crippen MR) is 133 cm³/mol. The summed E-state index contributed by atoms with van der Waals surface area (Å²) in [6.07, 6.45) is 11.3. The summed E-state index contributed by atoms with van der Waals surface area (Å²) in [6.45, 7) is 0.411. The molecule has 0 atom stereocenters. The van der Waals surface area contributed by atoms with Crippen molar-refractivity contribution in [1.82, 2.24) is 9.97 Å². The number of allylic oxidation sites excluding steroid dienone is 2. The van der Waals surface area contributed by atoms with E-state index in [-0.39, 0.29) is 18.0 Å². The Labute approximate surface area is 197 Å². The van der Waals surface area contributed by atoms with Crippen LogP contribution < -0.4 is 9.47 Å². The molecule has 34 heavy (non-hydrogen) atoms. The van der Waals surface area contributed by atoms with Crippen molar-refractivity contribution in [3.63, 3.8) is 0 Å². The van der Waals surface area contributed by atoms with E-state index >= 15 is 0 Å². The minimum absolute atomic E-state index is 0.200. The van der Waals surface area contributed by atoms with Crippen LogP contribution in [0.15, 0.2) is 85.3 Å². The SMILES string of the molecule is COc1cc(OCc2ccncc2)ccc1C=CC(=O)CC(=O)C=Cc1ccc2[nH]ccc2c1. The molecular formula is C28H24N2O4. The van der Waals surface area contributed by atoms with E-state index in [9.17, 15) is 9.59 Å². The number of carbonyl (C=O) groups is 2. The summed E-state index contributed by atoms with van der Waals surface area (Å²) >= 11 is 0. The van der Waals surface area contributed by atoms with Gasteiger partial charge in [-0.25, -0.2) is 0 Å². The first-order valence-electron chi connectivity index (χ1n) is 10.8. The first kappa shape index (κ1) is 22.7. The fourth-order valence-corrected chi connectivity index (χ4v) is 3.40. The monoisotopic (exact) mass is 452 g/mol. The zero-order chi connectivity index (χ0) is 23.8. The highest BCUT2D eigenvalue weighted by Gasteiger charge is 2.07. The number of fused-ring (bicyclic) bond motifs is 1. The van der Waals surface area contributed by atoms with E-state index in [1.807, 2.05) is 54.7 Å². The molecule has 0 aliphatic rings. The predicted octanol–water partition coefficient (Wildman–Crippen LogP) is 5.41. The quantitative estimate of drug-likeness (QED) is 0.257. The number of nitrogens with one attached hydrogen (secondary N) is 1. The highest BCUT2D eigenvalue weighted by Crippen LogP contribution is 2.26. The smallest absolute Gasteiger partial charge is 0.163 e. The number of H-pyrrole nitrogens is 1. The molecule has 2 aromatic heterocycles. The molecule has 0 fully saturated rings. The summed E-state index contributed by atoms with van der Waals surface area (Å²) in [7, 11) is 1.56. The number of ether oxygens (including phenoxy) is 2. The number of benzene rings is 2.